The summed E-state index contributed by atoms with van der Waals surface area (Å²) in [7, 11) is 0. The molecule has 0 saturated carbocycles. The highest BCUT2D eigenvalue weighted by Crippen LogP contribution is 2.19. The number of aromatic nitrogens is 1. The summed E-state index contributed by atoms with van der Waals surface area (Å²) in [4.78, 5) is 16.6. The topological polar surface area (TPSA) is 68.0 Å². The monoisotopic (exact) mass is 285 g/mol. The van der Waals surface area contributed by atoms with Gasteiger partial charge in [0.05, 0.1) is 11.1 Å². The first-order valence-electron chi connectivity index (χ1n) is 7.51. The summed E-state index contributed by atoms with van der Waals surface area (Å²) < 4.78 is 0. The van der Waals surface area contributed by atoms with E-state index in [4.69, 9.17) is 5.73 Å². The molecule has 0 aliphatic heterocycles. The molecule has 1 aromatic heterocycles. The number of anilines is 1. The number of benzene rings is 1. The van der Waals surface area contributed by atoms with Crippen molar-refractivity contribution in [2.75, 3.05) is 12.3 Å². The number of nitrogen functional groups attached to an aromatic ring is 1. The minimum absolute atomic E-state index is 0.0788. The van der Waals surface area contributed by atoms with Crippen molar-refractivity contribution in [1.29, 1.82) is 0 Å². The van der Waals surface area contributed by atoms with Crippen molar-refractivity contribution in [2.45, 2.75) is 33.1 Å². The molecule has 0 bridgehead atoms. The fourth-order valence-electron chi connectivity index (χ4n) is 2.36. The fourth-order valence-corrected chi connectivity index (χ4v) is 2.36. The van der Waals surface area contributed by atoms with Gasteiger partial charge >= 0.3 is 0 Å². The lowest BCUT2D eigenvalue weighted by atomic mass is 10.1. The van der Waals surface area contributed by atoms with Crippen LogP contribution in [0.1, 0.15) is 43.5 Å². The number of fused-ring (bicyclic) bond motifs is 1. The van der Waals surface area contributed by atoms with Crippen LogP contribution in [0, 0.1) is 5.92 Å². The van der Waals surface area contributed by atoms with E-state index in [2.05, 4.69) is 24.1 Å². The molecule has 0 fully saturated rings. The van der Waals surface area contributed by atoms with Crippen molar-refractivity contribution in [3.8, 4) is 0 Å². The molecule has 0 unspecified atom stereocenters. The molecule has 1 heterocycles. The molecule has 112 valence electrons. The van der Waals surface area contributed by atoms with Crippen molar-refractivity contribution in [3.05, 3.63) is 35.9 Å². The largest absolute Gasteiger partial charge is 0.384 e. The standard InChI is InChI=1S/C17H23N3O/c1-12(2)7-5-6-10-19-17(21)14-11-16(18)20-15-9-4-3-8-13(14)15/h3-4,8-9,11-12H,5-7,10H2,1-2H3,(H2,18,20)(H,19,21). The van der Waals surface area contributed by atoms with Gasteiger partial charge in [-0.25, -0.2) is 4.98 Å². The Bertz CT molecular complexity index is 622. The van der Waals surface area contributed by atoms with Crippen LogP contribution < -0.4 is 11.1 Å². The summed E-state index contributed by atoms with van der Waals surface area (Å²) in [6.45, 7) is 5.12. The molecular formula is C17H23N3O. The van der Waals surface area contributed by atoms with E-state index < -0.39 is 0 Å². The van der Waals surface area contributed by atoms with E-state index in [1.165, 1.54) is 6.42 Å². The van der Waals surface area contributed by atoms with Crippen LogP contribution in [-0.4, -0.2) is 17.4 Å². The molecular weight excluding hydrogens is 262 g/mol. The molecule has 21 heavy (non-hydrogen) atoms. The van der Waals surface area contributed by atoms with Crippen molar-refractivity contribution in [1.82, 2.24) is 10.3 Å². The number of nitrogens with zero attached hydrogens (tertiary/aromatic N) is 1. The Balaban J connectivity index is 2.02. The van der Waals surface area contributed by atoms with Gasteiger partial charge in [-0.3, -0.25) is 4.79 Å². The van der Waals surface area contributed by atoms with Crippen LogP contribution in [0.4, 0.5) is 5.82 Å². The predicted molar refractivity (Wildman–Crippen MR) is 87.2 cm³/mol. The van der Waals surface area contributed by atoms with Gasteiger partial charge in [0, 0.05) is 11.9 Å². The van der Waals surface area contributed by atoms with Gasteiger partial charge < -0.3 is 11.1 Å². The molecule has 1 aromatic carbocycles. The molecule has 0 aliphatic carbocycles. The lowest BCUT2D eigenvalue weighted by molar-refractivity contribution is 0.0954. The first kappa shape index (κ1) is 15.3. The average Bonchev–Trinajstić information content (AvgIpc) is 2.45. The van der Waals surface area contributed by atoms with E-state index >= 15 is 0 Å². The van der Waals surface area contributed by atoms with Crippen molar-refractivity contribution in [2.24, 2.45) is 5.92 Å². The molecule has 4 heteroatoms. The smallest absolute Gasteiger partial charge is 0.252 e. The summed E-state index contributed by atoms with van der Waals surface area (Å²) in [5.41, 5.74) is 7.13. The minimum atomic E-state index is -0.0788. The minimum Gasteiger partial charge on any atom is -0.384 e. The van der Waals surface area contributed by atoms with Gasteiger partial charge in [0.25, 0.3) is 5.91 Å². The normalized spacial score (nSPS) is 11.0. The zero-order valence-electron chi connectivity index (χ0n) is 12.7. The van der Waals surface area contributed by atoms with Gasteiger partial charge in [0.2, 0.25) is 0 Å². The van der Waals surface area contributed by atoms with Crippen LogP contribution in [-0.2, 0) is 0 Å². The van der Waals surface area contributed by atoms with Crippen molar-refractivity contribution >= 4 is 22.6 Å². The molecule has 0 spiro atoms. The highest BCUT2D eigenvalue weighted by molar-refractivity contribution is 6.06. The van der Waals surface area contributed by atoms with E-state index in [9.17, 15) is 4.79 Å². The Labute approximate surface area is 125 Å². The van der Waals surface area contributed by atoms with E-state index in [-0.39, 0.29) is 5.91 Å². The third kappa shape index (κ3) is 4.18. The lowest BCUT2D eigenvalue weighted by Crippen LogP contribution is -2.25. The average molecular weight is 285 g/mol. The number of carbonyl (C=O) groups is 1. The van der Waals surface area contributed by atoms with Gasteiger partial charge in [-0.1, -0.05) is 44.9 Å². The number of amides is 1. The number of pyridine rings is 1. The number of rotatable bonds is 6. The Morgan fingerprint density at radius 2 is 2.05 bits per heavy atom. The highest BCUT2D eigenvalue weighted by atomic mass is 16.1. The van der Waals surface area contributed by atoms with Crippen LogP contribution in [0.25, 0.3) is 10.9 Å². The van der Waals surface area contributed by atoms with Gasteiger partial charge in [-0.2, -0.15) is 0 Å². The van der Waals surface area contributed by atoms with Gasteiger partial charge in [0.15, 0.2) is 0 Å². The van der Waals surface area contributed by atoms with Crippen molar-refractivity contribution in [3.63, 3.8) is 0 Å². The van der Waals surface area contributed by atoms with Crippen LogP contribution in [0.5, 0.6) is 0 Å². The Morgan fingerprint density at radius 3 is 2.81 bits per heavy atom. The van der Waals surface area contributed by atoms with Crippen LogP contribution in [0.15, 0.2) is 30.3 Å². The Morgan fingerprint density at radius 1 is 1.29 bits per heavy atom. The third-order valence-corrected chi connectivity index (χ3v) is 3.47. The third-order valence-electron chi connectivity index (χ3n) is 3.47. The summed E-state index contributed by atoms with van der Waals surface area (Å²) in [6.07, 6.45) is 3.33. The van der Waals surface area contributed by atoms with E-state index in [1.807, 2.05) is 24.3 Å². The summed E-state index contributed by atoms with van der Waals surface area (Å²) in [5.74, 6) is 1.01. The highest BCUT2D eigenvalue weighted by Gasteiger charge is 2.11. The number of carbonyl (C=O) groups excluding carboxylic acids is 1. The molecule has 4 nitrogen and oxygen atoms in total. The molecule has 2 aromatic rings. The van der Waals surface area contributed by atoms with Gasteiger partial charge in [-0.15, -0.1) is 0 Å². The molecule has 0 saturated heterocycles. The maximum atomic E-state index is 12.3. The molecule has 3 N–H and O–H groups in total. The maximum Gasteiger partial charge on any atom is 0.252 e. The number of nitrogens with two attached hydrogens (primary N) is 1. The van der Waals surface area contributed by atoms with Crippen molar-refractivity contribution < 1.29 is 4.79 Å². The second kappa shape index (κ2) is 7.07. The lowest BCUT2D eigenvalue weighted by Gasteiger charge is -2.09. The molecule has 0 atom stereocenters. The fraction of sp³-hybridized carbons (Fsp3) is 0.412. The number of hydrogen-bond acceptors (Lipinski definition) is 3. The molecule has 0 radical (unpaired) electrons. The second-order valence-corrected chi connectivity index (χ2v) is 5.76. The number of nitrogens with one attached hydrogen (secondary N) is 1. The maximum absolute atomic E-state index is 12.3. The number of para-hydroxylation sites is 1. The molecule has 0 aliphatic rings. The van der Waals surface area contributed by atoms with E-state index in [0.29, 0.717) is 23.8 Å². The number of hydrogen-bond donors (Lipinski definition) is 2. The van der Waals surface area contributed by atoms with Crippen LogP contribution >= 0.6 is 0 Å². The Kier molecular flexibility index (Phi) is 5.14. The quantitative estimate of drug-likeness (QED) is 0.799. The Hall–Kier alpha value is -2.10. The zero-order chi connectivity index (χ0) is 15.2. The summed E-state index contributed by atoms with van der Waals surface area (Å²) in [6, 6.07) is 9.20. The first-order chi connectivity index (χ1) is 10.1. The SMILES string of the molecule is CC(C)CCCCNC(=O)c1cc(N)nc2ccccc12. The van der Waals surface area contributed by atoms with E-state index in [0.717, 1.165) is 23.7 Å². The van der Waals surface area contributed by atoms with Crippen LogP contribution in [0.3, 0.4) is 0 Å². The summed E-state index contributed by atoms with van der Waals surface area (Å²) in [5, 5.41) is 3.81. The van der Waals surface area contributed by atoms with Crippen LogP contribution in [0.2, 0.25) is 0 Å². The number of unbranched alkanes of at least 4 members (excludes halogenated alkanes) is 1. The molecule has 2 rings (SSSR count). The van der Waals surface area contributed by atoms with Gasteiger partial charge in [0.1, 0.15) is 5.82 Å². The zero-order valence-corrected chi connectivity index (χ0v) is 12.7. The predicted octanol–water partition coefficient (Wildman–Crippen LogP) is 3.37. The molecule has 1 amide bonds. The van der Waals surface area contributed by atoms with E-state index in [1.54, 1.807) is 6.07 Å². The summed E-state index contributed by atoms with van der Waals surface area (Å²) >= 11 is 0. The first-order valence-corrected chi connectivity index (χ1v) is 7.51. The van der Waals surface area contributed by atoms with Gasteiger partial charge in [-0.05, 0) is 24.5 Å². The second-order valence-electron chi connectivity index (χ2n) is 5.76.